The molecule has 2 heterocycles. The van der Waals surface area contributed by atoms with Gasteiger partial charge in [-0.05, 0) is 63.6 Å². The number of aromatic nitrogens is 4. The molecule has 2 aromatic carbocycles. The van der Waals surface area contributed by atoms with Gasteiger partial charge in [0, 0.05) is 30.0 Å². The molecule has 4 rings (SSSR count). The summed E-state index contributed by atoms with van der Waals surface area (Å²) in [5.74, 6) is 1.01. The first-order chi connectivity index (χ1) is 14.6. The van der Waals surface area contributed by atoms with Crippen LogP contribution in [-0.4, -0.2) is 33.0 Å². The van der Waals surface area contributed by atoms with Gasteiger partial charge in [-0.3, -0.25) is 4.68 Å². The molecular formula is C24H27N5O. The normalized spacial score (nSPS) is 11.1. The highest BCUT2D eigenvalue weighted by molar-refractivity contribution is 5.62. The molecule has 30 heavy (non-hydrogen) atoms. The molecule has 2 aromatic heterocycles. The van der Waals surface area contributed by atoms with Crippen LogP contribution < -0.4 is 4.90 Å². The third-order valence-corrected chi connectivity index (χ3v) is 5.33. The third-order valence-electron chi connectivity index (χ3n) is 5.33. The highest BCUT2D eigenvalue weighted by Crippen LogP contribution is 2.24. The molecule has 0 aliphatic carbocycles. The number of rotatable bonds is 7. The maximum Gasteiger partial charge on any atom is 0.278 e. The molecular weight excluding hydrogens is 374 g/mol. The predicted molar refractivity (Wildman–Crippen MR) is 120 cm³/mol. The quantitative estimate of drug-likeness (QED) is 0.431. The van der Waals surface area contributed by atoms with E-state index in [1.165, 1.54) is 16.8 Å². The second-order valence-corrected chi connectivity index (χ2v) is 7.46. The first kappa shape index (κ1) is 19.9. The Kier molecular flexibility index (Phi) is 5.65. The molecule has 0 fully saturated rings. The van der Waals surface area contributed by atoms with Gasteiger partial charge in [0.05, 0.1) is 6.54 Å². The van der Waals surface area contributed by atoms with Gasteiger partial charge >= 0.3 is 0 Å². The molecule has 0 saturated heterocycles. The molecule has 0 amide bonds. The third kappa shape index (κ3) is 4.13. The zero-order valence-corrected chi connectivity index (χ0v) is 18.0. The van der Waals surface area contributed by atoms with E-state index < -0.39 is 0 Å². The summed E-state index contributed by atoms with van der Waals surface area (Å²) in [6.07, 6.45) is 0. The summed E-state index contributed by atoms with van der Waals surface area (Å²) in [5, 5.41) is 8.84. The van der Waals surface area contributed by atoms with Crippen molar-refractivity contribution in [3.63, 3.8) is 0 Å². The minimum absolute atomic E-state index is 0.434. The zero-order chi connectivity index (χ0) is 21.1. The van der Waals surface area contributed by atoms with Gasteiger partial charge in [0.15, 0.2) is 5.69 Å². The van der Waals surface area contributed by atoms with Gasteiger partial charge in [-0.15, -0.1) is 0 Å². The number of nitrogens with zero attached hydrogens (tertiary/aromatic N) is 5. The number of benzene rings is 2. The van der Waals surface area contributed by atoms with Gasteiger partial charge in [0.1, 0.15) is 0 Å². The fourth-order valence-electron chi connectivity index (χ4n) is 3.50. The summed E-state index contributed by atoms with van der Waals surface area (Å²) >= 11 is 0. The lowest BCUT2D eigenvalue weighted by Crippen LogP contribution is -2.21. The van der Waals surface area contributed by atoms with Crippen molar-refractivity contribution in [3.8, 4) is 23.0 Å². The molecule has 0 spiro atoms. The Bertz CT molecular complexity index is 1110. The van der Waals surface area contributed by atoms with Crippen molar-refractivity contribution in [2.24, 2.45) is 0 Å². The van der Waals surface area contributed by atoms with Crippen LogP contribution in [-0.2, 0) is 6.54 Å². The van der Waals surface area contributed by atoms with E-state index in [9.17, 15) is 0 Å². The minimum atomic E-state index is 0.434. The smallest absolute Gasteiger partial charge is 0.278 e. The van der Waals surface area contributed by atoms with E-state index in [1.807, 2.05) is 29.8 Å². The van der Waals surface area contributed by atoms with E-state index in [4.69, 9.17) is 4.52 Å². The number of anilines is 1. The summed E-state index contributed by atoms with van der Waals surface area (Å²) in [6, 6.07) is 18.7. The van der Waals surface area contributed by atoms with Gasteiger partial charge in [-0.1, -0.05) is 35.0 Å². The van der Waals surface area contributed by atoms with Crippen LogP contribution in [0.25, 0.3) is 23.0 Å². The van der Waals surface area contributed by atoms with Gasteiger partial charge in [-0.2, -0.15) is 10.1 Å². The second-order valence-electron chi connectivity index (χ2n) is 7.46. The van der Waals surface area contributed by atoms with Crippen molar-refractivity contribution >= 4 is 5.69 Å². The van der Waals surface area contributed by atoms with Crippen LogP contribution >= 0.6 is 0 Å². The van der Waals surface area contributed by atoms with Crippen LogP contribution in [0, 0.1) is 13.8 Å². The highest BCUT2D eigenvalue weighted by Gasteiger charge is 2.15. The van der Waals surface area contributed by atoms with Crippen molar-refractivity contribution in [1.82, 2.24) is 19.9 Å². The van der Waals surface area contributed by atoms with Gasteiger partial charge < -0.3 is 9.42 Å². The number of aryl methyl sites for hydroxylation is 2. The van der Waals surface area contributed by atoms with Crippen molar-refractivity contribution < 1.29 is 4.52 Å². The largest absolute Gasteiger partial charge is 0.372 e. The molecule has 0 N–H and O–H groups in total. The molecule has 154 valence electrons. The molecule has 0 unspecified atom stereocenters. The van der Waals surface area contributed by atoms with Crippen LogP contribution in [0.4, 0.5) is 5.69 Å². The summed E-state index contributed by atoms with van der Waals surface area (Å²) in [4.78, 5) is 6.87. The van der Waals surface area contributed by atoms with Gasteiger partial charge in [0.2, 0.25) is 5.82 Å². The molecule has 0 saturated carbocycles. The van der Waals surface area contributed by atoms with E-state index >= 15 is 0 Å². The SMILES string of the molecule is CCN(CC)c1ccc(-c2noc(-c3cc(C)n(Cc4ccc(C)cc4)n3)n2)cc1. The minimum Gasteiger partial charge on any atom is -0.372 e. The predicted octanol–water partition coefficient (Wildman–Crippen LogP) is 5.11. The van der Waals surface area contributed by atoms with Crippen LogP contribution in [0.15, 0.2) is 59.1 Å². The maximum absolute atomic E-state index is 5.51. The molecule has 6 nitrogen and oxygen atoms in total. The Labute approximate surface area is 177 Å². The fraction of sp³-hybridized carbons (Fsp3) is 0.292. The Morgan fingerprint density at radius 3 is 2.30 bits per heavy atom. The lowest BCUT2D eigenvalue weighted by Gasteiger charge is -2.20. The maximum atomic E-state index is 5.51. The van der Waals surface area contributed by atoms with Gasteiger partial charge in [0.25, 0.3) is 5.89 Å². The van der Waals surface area contributed by atoms with E-state index in [2.05, 4.69) is 77.3 Å². The average Bonchev–Trinajstić information content (AvgIpc) is 3.39. The van der Waals surface area contributed by atoms with Crippen molar-refractivity contribution in [3.05, 3.63) is 71.4 Å². The van der Waals surface area contributed by atoms with Crippen molar-refractivity contribution in [1.29, 1.82) is 0 Å². The lowest BCUT2D eigenvalue weighted by atomic mass is 10.1. The Hall–Kier alpha value is -3.41. The average molecular weight is 402 g/mol. The summed E-state index contributed by atoms with van der Waals surface area (Å²) in [5.41, 5.74) is 6.32. The zero-order valence-electron chi connectivity index (χ0n) is 18.0. The van der Waals surface area contributed by atoms with Gasteiger partial charge in [-0.25, -0.2) is 0 Å². The molecule has 0 aliphatic heterocycles. The molecule has 0 radical (unpaired) electrons. The van der Waals surface area contributed by atoms with E-state index in [0.29, 0.717) is 24.0 Å². The van der Waals surface area contributed by atoms with Crippen LogP contribution in [0.5, 0.6) is 0 Å². The first-order valence-electron chi connectivity index (χ1n) is 10.4. The van der Waals surface area contributed by atoms with Crippen molar-refractivity contribution in [2.75, 3.05) is 18.0 Å². The first-order valence-corrected chi connectivity index (χ1v) is 10.4. The Morgan fingerprint density at radius 1 is 0.933 bits per heavy atom. The summed E-state index contributed by atoms with van der Waals surface area (Å²) in [7, 11) is 0. The fourth-order valence-corrected chi connectivity index (χ4v) is 3.50. The van der Waals surface area contributed by atoms with Crippen LogP contribution in [0.1, 0.15) is 30.7 Å². The molecule has 4 aromatic rings. The van der Waals surface area contributed by atoms with Crippen molar-refractivity contribution in [2.45, 2.75) is 34.2 Å². The van der Waals surface area contributed by atoms with E-state index in [0.717, 1.165) is 24.3 Å². The highest BCUT2D eigenvalue weighted by atomic mass is 16.5. The topological polar surface area (TPSA) is 60.0 Å². The monoisotopic (exact) mass is 401 g/mol. The molecule has 0 aliphatic rings. The molecule has 0 atom stereocenters. The van der Waals surface area contributed by atoms with Crippen LogP contribution in [0.2, 0.25) is 0 Å². The Morgan fingerprint density at radius 2 is 1.63 bits per heavy atom. The lowest BCUT2D eigenvalue weighted by molar-refractivity contribution is 0.430. The van der Waals surface area contributed by atoms with E-state index in [-0.39, 0.29) is 0 Å². The van der Waals surface area contributed by atoms with E-state index in [1.54, 1.807) is 0 Å². The Balaban J connectivity index is 1.53. The number of hydrogen-bond donors (Lipinski definition) is 0. The summed E-state index contributed by atoms with van der Waals surface area (Å²) < 4.78 is 7.47. The number of hydrogen-bond acceptors (Lipinski definition) is 5. The summed E-state index contributed by atoms with van der Waals surface area (Å²) in [6.45, 7) is 11.1. The molecule has 0 bridgehead atoms. The standard InChI is InChI=1S/C24H27N5O/c1-5-28(6-2)21-13-11-20(12-14-21)23-25-24(30-27-23)22-15-18(4)29(26-22)16-19-9-7-17(3)8-10-19/h7-15H,5-6,16H2,1-4H3. The molecule has 6 heteroatoms. The van der Waals surface area contributed by atoms with Crippen LogP contribution in [0.3, 0.4) is 0 Å². The second kappa shape index (κ2) is 8.53.